The number of ketones is 1. The topological polar surface area (TPSA) is 34.9 Å². The average Bonchev–Trinajstić information content (AvgIpc) is 2.89. The number of hydrogen-bond donors (Lipinski definition) is 0. The number of Topliss-reactive ketones (excluding diaryl/α,β-unsaturated/α-hetero) is 1. The van der Waals surface area contributed by atoms with E-state index in [-0.39, 0.29) is 0 Å². The van der Waals surface area contributed by atoms with Crippen LogP contribution in [0.1, 0.15) is 57.1 Å². The van der Waals surface area contributed by atoms with Crippen LogP contribution >= 0.6 is 0 Å². The van der Waals surface area contributed by atoms with E-state index in [2.05, 4.69) is 5.10 Å². The van der Waals surface area contributed by atoms with Gasteiger partial charge in [-0.15, -0.1) is 0 Å². The normalized spacial score (nSPS) is 29.9. The Hall–Kier alpha value is -1.12. The number of fused-ring (bicyclic) bond motifs is 1. The first-order valence-electron chi connectivity index (χ1n) is 8.23. The Morgan fingerprint density at radius 1 is 1.25 bits per heavy atom. The second kappa shape index (κ2) is 6.11. The molecule has 1 aromatic rings. The van der Waals surface area contributed by atoms with E-state index >= 15 is 0 Å². The summed E-state index contributed by atoms with van der Waals surface area (Å²) < 4.78 is 1.88. The van der Waals surface area contributed by atoms with Crippen LogP contribution in [-0.4, -0.2) is 15.6 Å². The molecule has 0 radical (unpaired) electrons. The van der Waals surface area contributed by atoms with E-state index < -0.39 is 0 Å². The molecule has 0 saturated heterocycles. The predicted octanol–water partition coefficient (Wildman–Crippen LogP) is 3.53. The molecule has 20 heavy (non-hydrogen) atoms. The minimum Gasteiger partial charge on any atom is -0.299 e. The first-order chi connectivity index (χ1) is 9.74. The lowest BCUT2D eigenvalue weighted by molar-refractivity contribution is -0.125. The average molecular weight is 274 g/mol. The van der Waals surface area contributed by atoms with Crippen molar-refractivity contribution in [1.29, 1.82) is 0 Å². The number of aromatic nitrogens is 2. The first-order valence-corrected chi connectivity index (χ1v) is 8.23. The van der Waals surface area contributed by atoms with Gasteiger partial charge >= 0.3 is 0 Å². The third-order valence-electron chi connectivity index (χ3n) is 5.55. The van der Waals surface area contributed by atoms with Crippen molar-refractivity contribution in [1.82, 2.24) is 9.78 Å². The molecule has 0 aromatic carbocycles. The molecule has 0 bridgehead atoms. The Morgan fingerprint density at radius 2 is 2.05 bits per heavy atom. The van der Waals surface area contributed by atoms with Crippen LogP contribution in [0.2, 0.25) is 0 Å². The van der Waals surface area contributed by atoms with Crippen molar-refractivity contribution in [3.63, 3.8) is 0 Å². The lowest BCUT2D eigenvalue weighted by atomic mass is 9.66. The van der Waals surface area contributed by atoms with Crippen LogP contribution < -0.4 is 0 Å². The zero-order chi connectivity index (χ0) is 13.9. The molecule has 2 fully saturated rings. The van der Waals surface area contributed by atoms with Crippen LogP contribution in [0.3, 0.4) is 0 Å². The molecule has 2 aliphatic carbocycles. The molecule has 0 amide bonds. The summed E-state index contributed by atoms with van der Waals surface area (Å²) in [6, 6.07) is 2.02. The van der Waals surface area contributed by atoms with Gasteiger partial charge < -0.3 is 0 Å². The predicted molar refractivity (Wildman–Crippen MR) is 79.3 cm³/mol. The van der Waals surface area contributed by atoms with Gasteiger partial charge in [0, 0.05) is 31.3 Å². The highest BCUT2D eigenvalue weighted by molar-refractivity contribution is 5.81. The maximum absolute atomic E-state index is 12.4. The SMILES string of the molecule is Cn1nccc1CCC(=O)C1CCC2CCCCC2C1. The van der Waals surface area contributed by atoms with Gasteiger partial charge in [-0.3, -0.25) is 9.48 Å². The Balaban J connectivity index is 1.51. The van der Waals surface area contributed by atoms with Crippen molar-refractivity contribution in [2.45, 2.75) is 57.8 Å². The van der Waals surface area contributed by atoms with Crippen molar-refractivity contribution in [3.8, 4) is 0 Å². The molecule has 0 aliphatic heterocycles. The fourth-order valence-electron chi connectivity index (χ4n) is 4.27. The number of nitrogens with zero attached hydrogens (tertiary/aromatic N) is 2. The zero-order valence-corrected chi connectivity index (χ0v) is 12.6. The van der Waals surface area contributed by atoms with Crippen molar-refractivity contribution in [2.24, 2.45) is 24.8 Å². The number of rotatable bonds is 4. The Morgan fingerprint density at radius 3 is 2.80 bits per heavy atom. The molecule has 0 spiro atoms. The highest BCUT2D eigenvalue weighted by atomic mass is 16.1. The molecule has 3 unspecified atom stereocenters. The molecule has 3 nitrogen and oxygen atoms in total. The van der Waals surface area contributed by atoms with Crippen molar-refractivity contribution < 1.29 is 4.79 Å². The number of carbonyl (C=O) groups is 1. The van der Waals surface area contributed by atoms with Gasteiger partial charge in [-0.1, -0.05) is 25.7 Å². The molecule has 1 heterocycles. The van der Waals surface area contributed by atoms with Gasteiger partial charge in [-0.05, 0) is 43.6 Å². The highest BCUT2D eigenvalue weighted by Crippen LogP contribution is 2.43. The summed E-state index contributed by atoms with van der Waals surface area (Å²) in [5, 5.41) is 4.17. The Kier molecular flexibility index (Phi) is 4.23. The lowest BCUT2D eigenvalue weighted by Crippen LogP contribution is -2.31. The van der Waals surface area contributed by atoms with Gasteiger partial charge in [-0.25, -0.2) is 0 Å². The van der Waals surface area contributed by atoms with Crippen molar-refractivity contribution in [3.05, 3.63) is 18.0 Å². The zero-order valence-electron chi connectivity index (χ0n) is 12.6. The van der Waals surface area contributed by atoms with E-state index in [9.17, 15) is 4.79 Å². The van der Waals surface area contributed by atoms with Crippen LogP contribution in [0.25, 0.3) is 0 Å². The standard InChI is InChI=1S/C17H26N2O/c1-19-16(10-11-18-19)8-9-17(20)15-7-6-13-4-2-3-5-14(13)12-15/h10-11,13-15H,2-9,12H2,1H3. The summed E-state index contributed by atoms with van der Waals surface area (Å²) in [6.45, 7) is 0. The van der Waals surface area contributed by atoms with E-state index in [1.165, 1.54) is 44.2 Å². The van der Waals surface area contributed by atoms with Gasteiger partial charge in [0.05, 0.1) is 0 Å². The molecule has 3 atom stereocenters. The summed E-state index contributed by atoms with van der Waals surface area (Å²) in [4.78, 5) is 12.4. The smallest absolute Gasteiger partial charge is 0.136 e. The summed E-state index contributed by atoms with van der Waals surface area (Å²) in [6.07, 6.45) is 12.6. The minimum absolute atomic E-state index is 0.350. The van der Waals surface area contributed by atoms with Gasteiger partial charge in [-0.2, -0.15) is 5.10 Å². The molecule has 110 valence electrons. The maximum atomic E-state index is 12.4. The number of carbonyl (C=O) groups excluding carboxylic acids is 1. The van der Waals surface area contributed by atoms with Crippen LogP contribution in [0, 0.1) is 17.8 Å². The van der Waals surface area contributed by atoms with Gasteiger partial charge in [0.2, 0.25) is 0 Å². The van der Waals surface area contributed by atoms with Crippen LogP contribution in [0.15, 0.2) is 12.3 Å². The van der Waals surface area contributed by atoms with Crippen molar-refractivity contribution in [2.75, 3.05) is 0 Å². The Labute approximate surface area is 121 Å². The van der Waals surface area contributed by atoms with E-state index in [0.717, 1.165) is 24.7 Å². The lowest BCUT2D eigenvalue weighted by Gasteiger charge is -2.38. The second-order valence-electron chi connectivity index (χ2n) is 6.73. The van der Waals surface area contributed by atoms with E-state index in [4.69, 9.17) is 0 Å². The molecular weight excluding hydrogens is 248 g/mol. The largest absolute Gasteiger partial charge is 0.299 e. The fraction of sp³-hybridized carbons (Fsp3) is 0.765. The van der Waals surface area contributed by atoms with Crippen LogP contribution in [-0.2, 0) is 18.3 Å². The molecule has 2 aliphatic rings. The summed E-state index contributed by atoms with van der Waals surface area (Å²) in [7, 11) is 1.95. The molecule has 3 heteroatoms. The van der Waals surface area contributed by atoms with Gasteiger partial charge in [0.15, 0.2) is 0 Å². The monoisotopic (exact) mass is 274 g/mol. The summed E-state index contributed by atoms with van der Waals surface area (Å²) in [5.74, 6) is 2.63. The molecule has 2 saturated carbocycles. The first kappa shape index (κ1) is 13.8. The molecule has 0 N–H and O–H groups in total. The molecular formula is C17H26N2O. The fourth-order valence-corrected chi connectivity index (χ4v) is 4.27. The number of aryl methyl sites for hydroxylation is 2. The van der Waals surface area contributed by atoms with Gasteiger partial charge in [0.25, 0.3) is 0 Å². The molecule has 3 rings (SSSR count). The summed E-state index contributed by atoms with van der Waals surface area (Å²) in [5.41, 5.74) is 1.17. The maximum Gasteiger partial charge on any atom is 0.136 e. The second-order valence-corrected chi connectivity index (χ2v) is 6.73. The van der Waals surface area contributed by atoms with E-state index in [1.54, 1.807) is 0 Å². The third-order valence-corrected chi connectivity index (χ3v) is 5.55. The number of hydrogen-bond acceptors (Lipinski definition) is 2. The van der Waals surface area contributed by atoms with E-state index in [0.29, 0.717) is 18.1 Å². The van der Waals surface area contributed by atoms with E-state index in [1.807, 2.05) is 24.0 Å². The third kappa shape index (κ3) is 2.97. The highest BCUT2D eigenvalue weighted by Gasteiger charge is 2.34. The van der Waals surface area contributed by atoms with Crippen LogP contribution in [0.5, 0.6) is 0 Å². The minimum atomic E-state index is 0.350. The Bertz CT molecular complexity index is 465. The van der Waals surface area contributed by atoms with Crippen LogP contribution in [0.4, 0.5) is 0 Å². The quantitative estimate of drug-likeness (QED) is 0.842. The van der Waals surface area contributed by atoms with Gasteiger partial charge in [0.1, 0.15) is 5.78 Å². The summed E-state index contributed by atoms with van der Waals surface area (Å²) >= 11 is 0. The van der Waals surface area contributed by atoms with Crippen molar-refractivity contribution >= 4 is 5.78 Å². The molecule has 1 aromatic heterocycles.